The van der Waals surface area contributed by atoms with Crippen molar-refractivity contribution in [2.45, 2.75) is 19.8 Å². The van der Waals surface area contributed by atoms with Gasteiger partial charge in [0.2, 0.25) is 5.91 Å². The Hall–Kier alpha value is -4.74. The monoisotopic (exact) mass is 602 g/mol. The molecule has 1 aliphatic heterocycles. The van der Waals surface area contributed by atoms with Gasteiger partial charge in [-0.3, -0.25) is 20.0 Å². The van der Waals surface area contributed by atoms with Gasteiger partial charge in [-0.05, 0) is 48.7 Å². The number of carbonyl (C=O) groups excluding carboxylic acids is 2. The zero-order chi connectivity index (χ0) is 30.9. The molecule has 0 bridgehead atoms. The first-order valence-electron chi connectivity index (χ1n) is 14.4. The number of halogens is 1. The second kappa shape index (κ2) is 14.6. The summed E-state index contributed by atoms with van der Waals surface area (Å²) in [4.78, 5) is 31.4. The number of pyridine rings is 1. The molecule has 0 aliphatic carbocycles. The molecule has 3 aromatic carbocycles. The number of amides is 3. The summed E-state index contributed by atoms with van der Waals surface area (Å²) in [7, 11) is 1.55. The van der Waals surface area contributed by atoms with Gasteiger partial charge in [0.25, 0.3) is 0 Å². The molecule has 10 nitrogen and oxygen atoms in total. The Kier molecular flexibility index (Phi) is 10.2. The fourth-order valence-corrected chi connectivity index (χ4v) is 4.88. The van der Waals surface area contributed by atoms with Crippen LogP contribution >= 0.6 is 0 Å². The summed E-state index contributed by atoms with van der Waals surface area (Å²) in [5.74, 6) is 0.200. The molecule has 0 atom stereocenters. The number of rotatable bonds is 11. The Labute approximate surface area is 255 Å². The number of hydrogen-bond donors (Lipinski definition) is 2. The highest BCUT2D eigenvalue weighted by atomic mass is 19.1. The first-order chi connectivity index (χ1) is 21.4. The molecule has 5 rings (SSSR count). The number of fused-ring (bicyclic) bond motifs is 1. The van der Waals surface area contributed by atoms with Gasteiger partial charge < -0.3 is 24.3 Å². The van der Waals surface area contributed by atoms with Gasteiger partial charge in [0.1, 0.15) is 5.75 Å². The summed E-state index contributed by atoms with van der Waals surface area (Å²) < 4.78 is 38.0. The van der Waals surface area contributed by atoms with Gasteiger partial charge in [-0.15, -0.1) is 0 Å². The Bertz CT molecular complexity index is 1630. The molecule has 230 valence electrons. The van der Waals surface area contributed by atoms with E-state index in [1.807, 2.05) is 31.2 Å². The number of aryl methyl sites for hydroxylation is 1. The minimum atomic E-state index is -0.761. The SMILES string of the molecule is COc1cc2c(Oc3ccc(NC(=O)NC(=O)Cc4ccccc4C)cc3F)ccnc2cc1OCCCN1CCOCC1. The smallest absolute Gasteiger partial charge is 0.325 e. The van der Waals surface area contributed by atoms with Crippen molar-refractivity contribution >= 4 is 28.5 Å². The van der Waals surface area contributed by atoms with Crippen molar-refractivity contribution < 1.29 is 32.9 Å². The fraction of sp³-hybridized carbons (Fsp3) is 0.303. The van der Waals surface area contributed by atoms with Gasteiger partial charge >= 0.3 is 6.03 Å². The topological polar surface area (TPSA) is 111 Å². The number of carbonyl (C=O) groups is 2. The molecule has 11 heteroatoms. The summed E-state index contributed by atoms with van der Waals surface area (Å²) in [6.07, 6.45) is 2.47. The van der Waals surface area contributed by atoms with Crippen LogP contribution < -0.4 is 24.8 Å². The maximum absolute atomic E-state index is 15.1. The molecule has 1 saturated heterocycles. The molecule has 3 amide bonds. The number of nitrogens with zero attached hydrogens (tertiary/aromatic N) is 2. The lowest BCUT2D eigenvalue weighted by molar-refractivity contribution is -0.119. The van der Waals surface area contributed by atoms with Gasteiger partial charge in [0.15, 0.2) is 23.1 Å². The average Bonchev–Trinajstić information content (AvgIpc) is 3.02. The Morgan fingerprint density at radius 1 is 1.00 bits per heavy atom. The molecule has 0 unspecified atom stereocenters. The van der Waals surface area contributed by atoms with E-state index in [-0.39, 0.29) is 17.9 Å². The molecule has 2 N–H and O–H groups in total. The van der Waals surface area contributed by atoms with E-state index in [0.29, 0.717) is 34.8 Å². The summed E-state index contributed by atoms with van der Waals surface area (Å²) in [5.41, 5.74) is 2.52. The van der Waals surface area contributed by atoms with Crippen molar-refractivity contribution in [2.24, 2.45) is 0 Å². The van der Waals surface area contributed by atoms with E-state index in [9.17, 15) is 9.59 Å². The van der Waals surface area contributed by atoms with E-state index in [4.69, 9.17) is 18.9 Å². The van der Waals surface area contributed by atoms with E-state index in [2.05, 4.69) is 20.5 Å². The van der Waals surface area contributed by atoms with Gasteiger partial charge in [-0.1, -0.05) is 24.3 Å². The van der Waals surface area contributed by atoms with Crippen LogP contribution in [0.4, 0.5) is 14.9 Å². The lowest BCUT2D eigenvalue weighted by Gasteiger charge is -2.26. The Morgan fingerprint density at radius 2 is 1.82 bits per heavy atom. The predicted octanol–water partition coefficient (Wildman–Crippen LogP) is 5.48. The maximum atomic E-state index is 15.1. The highest BCUT2D eigenvalue weighted by Gasteiger charge is 2.16. The normalized spacial score (nSPS) is 13.3. The standard InChI is InChI=1S/C33H35FN4O6/c1-22-6-3-4-7-23(22)18-32(39)37-33(40)36-24-8-9-29(26(34)19-24)44-28-10-11-35-27-21-31(30(41-2)20-25(27)28)43-15-5-12-38-13-16-42-17-14-38/h3-4,6-11,19-21H,5,12-18H2,1-2H3,(H2,36,37,39,40). The minimum Gasteiger partial charge on any atom is -0.493 e. The highest BCUT2D eigenvalue weighted by Crippen LogP contribution is 2.38. The van der Waals surface area contributed by atoms with Crippen molar-refractivity contribution in [3.05, 3.63) is 83.8 Å². The summed E-state index contributed by atoms with van der Waals surface area (Å²) >= 11 is 0. The number of morpholine rings is 1. The number of ether oxygens (including phenoxy) is 4. The molecular weight excluding hydrogens is 567 g/mol. The number of imide groups is 1. The second-order valence-corrected chi connectivity index (χ2v) is 10.3. The Balaban J connectivity index is 1.20. The third-order valence-corrected chi connectivity index (χ3v) is 7.24. The molecule has 1 fully saturated rings. The Morgan fingerprint density at radius 3 is 2.59 bits per heavy atom. The van der Waals surface area contributed by atoms with E-state index >= 15 is 4.39 Å². The number of anilines is 1. The molecule has 1 aromatic heterocycles. The molecule has 4 aromatic rings. The molecular formula is C33H35FN4O6. The van der Waals surface area contributed by atoms with Crippen LogP contribution in [0.2, 0.25) is 0 Å². The van der Waals surface area contributed by atoms with Crippen molar-refractivity contribution in [3.8, 4) is 23.0 Å². The van der Waals surface area contributed by atoms with E-state index in [1.54, 1.807) is 31.5 Å². The molecule has 0 saturated carbocycles. The van der Waals surface area contributed by atoms with Crippen LogP contribution in [0.3, 0.4) is 0 Å². The molecule has 0 radical (unpaired) electrons. The number of urea groups is 1. The number of benzene rings is 3. The van der Waals surface area contributed by atoms with Crippen LogP contribution in [0.15, 0.2) is 66.9 Å². The van der Waals surface area contributed by atoms with Crippen molar-refractivity contribution in [3.63, 3.8) is 0 Å². The molecule has 44 heavy (non-hydrogen) atoms. The quantitative estimate of drug-likeness (QED) is 0.217. The zero-order valence-electron chi connectivity index (χ0n) is 24.7. The van der Waals surface area contributed by atoms with Crippen molar-refractivity contribution in [1.82, 2.24) is 15.2 Å². The van der Waals surface area contributed by atoms with Crippen LogP contribution in [0.1, 0.15) is 17.5 Å². The first kappa shape index (κ1) is 30.7. The fourth-order valence-electron chi connectivity index (χ4n) is 4.88. The summed E-state index contributed by atoms with van der Waals surface area (Å²) in [5, 5.41) is 5.36. The average molecular weight is 603 g/mol. The predicted molar refractivity (Wildman–Crippen MR) is 164 cm³/mol. The zero-order valence-corrected chi connectivity index (χ0v) is 24.7. The van der Waals surface area contributed by atoms with Gasteiger partial charge in [-0.25, -0.2) is 9.18 Å². The van der Waals surface area contributed by atoms with E-state index in [1.165, 1.54) is 12.1 Å². The summed E-state index contributed by atoms with van der Waals surface area (Å²) in [6.45, 7) is 6.70. The first-order valence-corrected chi connectivity index (χ1v) is 14.4. The highest BCUT2D eigenvalue weighted by molar-refractivity contribution is 6.01. The molecule has 1 aliphatic rings. The number of hydrogen-bond acceptors (Lipinski definition) is 8. The van der Waals surface area contributed by atoms with Crippen LogP contribution in [0, 0.1) is 12.7 Å². The van der Waals surface area contributed by atoms with E-state index in [0.717, 1.165) is 56.5 Å². The maximum Gasteiger partial charge on any atom is 0.325 e. The van der Waals surface area contributed by atoms with Crippen molar-refractivity contribution in [1.29, 1.82) is 0 Å². The third kappa shape index (κ3) is 8.00. The summed E-state index contributed by atoms with van der Waals surface area (Å²) in [6, 6.07) is 15.8. The van der Waals surface area contributed by atoms with Crippen molar-refractivity contribution in [2.75, 3.05) is 51.9 Å². The number of nitrogens with one attached hydrogen (secondary N) is 2. The third-order valence-electron chi connectivity index (χ3n) is 7.24. The van der Waals surface area contributed by atoms with Crippen LogP contribution in [-0.4, -0.2) is 68.4 Å². The van der Waals surface area contributed by atoms with Gasteiger partial charge in [0, 0.05) is 49.0 Å². The number of methoxy groups -OCH3 is 1. The minimum absolute atomic E-state index is 0.0501. The van der Waals surface area contributed by atoms with Crippen LogP contribution in [0.25, 0.3) is 10.9 Å². The molecule has 2 heterocycles. The lowest BCUT2D eigenvalue weighted by atomic mass is 10.1. The molecule has 0 spiro atoms. The van der Waals surface area contributed by atoms with Gasteiger partial charge in [0.05, 0.1) is 38.9 Å². The second-order valence-electron chi connectivity index (χ2n) is 10.3. The van der Waals surface area contributed by atoms with E-state index < -0.39 is 17.8 Å². The largest absolute Gasteiger partial charge is 0.493 e. The van der Waals surface area contributed by atoms with Crippen LogP contribution in [0.5, 0.6) is 23.0 Å². The number of aromatic nitrogens is 1. The van der Waals surface area contributed by atoms with Crippen LogP contribution in [-0.2, 0) is 16.0 Å². The lowest BCUT2D eigenvalue weighted by Crippen LogP contribution is -2.37. The van der Waals surface area contributed by atoms with Gasteiger partial charge in [-0.2, -0.15) is 0 Å².